The minimum absolute atomic E-state index is 0.0448. The molecule has 3 rings (SSSR count). The third-order valence-corrected chi connectivity index (χ3v) is 4.59. The van der Waals surface area contributed by atoms with Gasteiger partial charge in [-0.1, -0.05) is 42.5 Å². The maximum Gasteiger partial charge on any atom is 0.208 e. The molecule has 3 aromatic rings. The van der Waals surface area contributed by atoms with E-state index in [1.54, 1.807) is 44.2 Å². The lowest BCUT2D eigenvalue weighted by Gasteiger charge is -2.12. The molecule has 1 heterocycles. The van der Waals surface area contributed by atoms with Gasteiger partial charge in [-0.2, -0.15) is 0 Å². The second-order valence-electron chi connectivity index (χ2n) is 7.11. The topological polar surface area (TPSA) is 90.9 Å². The third-order valence-electron chi connectivity index (χ3n) is 4.59. The number of allylic oxidation sites excluding steroid dienone is 4. The Morgan fingerprint density at radius 3 is 2.17 bits per heavy atom. The van der Waals surface area contributed by atoms with Crippen molar-refractivity contribution in [3.8, 4) is 17.2 Å². The normalized spacial score (nSPS) is 11.8. The first-order valence-electron chi connectivity index (χ1n) is 8.97. The zero-order valence-corrected chi connectivity index (χ0v) is 16.5. The Kier molecular flexibility index (Phi) is 5.08. The molecule has 0 spiro atoms. The van der Waals surface area contributed by atoms with Crippen molar-refractivity contribution in [3.63, 3.8) is 0 Å². The summed E-state index contributed by atoms with van der Waals surface area (Å²) in [6.45, 7) is 12.7. The fourth-order valence-electron chi connectivity index (χ4n) is 3.07. The highest BCUT2D eigenvalue weighted by Crippen LogP contribution is 2.41. The third kappa shape index (κ3) is 3.43. The van der Waals surface area contributed by atoms with E-state index in [2.05, 4.69) is 13.2 Å². The second kappa shape index (κ2) is 7.36. The van der Waals surface area contributed by atoms with Crippen LogP contribution in [0, 0.1) is 6.92 Å². The molecule has 0 radical (unpaired) electrons. The molecular weight excluding hydrogens is 368 g/mol. The van der Waals surface area contributed by atoms with Crippen LogP contribution in [-0.4, -0.2) is 15.3 Å². The summed E-state index contributed by atoms with van der Waals surface area (Å²) >= 11 is 0. The lowest BCUT2D eigenvalue weighted by Crippen LogP contribution is -2.05. The average molecular weight is 390 g/mol. The molecular formula is C24H22O5. The van der Waals surface area contributed by atoms with E-state index in [0.717, 1.165) is 5.57 Å². The van der Waals surface area contributed by atoms with Gasteiger partial charge in [0.25, 0.3) is 0 Å². The van der Waals surface area contributed by atoms with Crippen LogP contribution in [0.15, 0.2) is 57.8 Å². The van der Waals surface area contributed by atoms with Crippen molar-refractivity contribution in [1.82, 2.24) is 0 Å². The minimum atomic E-state index is -0.588. The van der Waals surface area contributed by atoms with Gasteiger partial charge in [-0.25, -0.2) is 0 Å². The lowest BCUT2D eigenvalue weighted by molar-refractivity contribution is 0.447. The van der Waals surface area contributed by atoms with Gasteiger partial charge in [-0.05, 0) is 39.0 Å². The average Bonchev–Trinajstić information content (AvgIpc) is 2.64. The number of aromatic hydroxyl groups is 3. The zero-order chi connectivity index (χ0) is 21.5. The van der Waals surface area contributed by atoms with Gasteiger partial charge in [0.05, 0.1) is 5.56 Å². The number of fused-ring (bicyclic) bond motifs is 2. The predicted octanol–water partition coefficient (Wildman–Crippen LogP) is 5.55. The molecule has 5 heteroatoms. The Bertz CT molecular complexity index is 1300. The largest absolute Gasteiger partial charge is 0.507 e. The molecule has 29 heavy (non-hydrogen) atoms. The van der Waals surface area contributed by atoms with Gasteiger partial charge in [0.2, 0.25) is 5.43 Å². The molecule has 0 saturated carbocycles. The highest BCUT2D eigenvalue weighted by molar-refractivity contribution is 6.01. The number of hydrogen-bond acceptors (Lipinski definition) is 5. The van der Waals surface area contributed by atoms with Gasteiger partial charge in [-0.3, -0.25) is 4.79 Å². The number of aryl methyl sites for hydroxylation is 1. The molecule has 148 valence electrons. The maximum absolute atomic E-state index is 13.2. The number of phenols is 3. The Hall–Kier alpha value is -3.73. The summed E-state index contributed by atoms with van der Waals surface area (Å²) in [5.41, 5.74) is 1.94. The number of rotatable bonds is 4. The fraction of sp³-hybridized carbons (Fsp3) is 0.125. The Labute approximate surface area is 167 Å². The molecule has 0 amide bonds. The summed E-state index contributed by atoms with van der Waals surface area (Å²) in [6.07, 6.45) is 6.45. The monoisotopic (exact) mass is 390 g/mol. The Morgan fingerprint density at radius 1 is 0.931 bits per heavy atom. The molecule has 0 aliphatic rings. The number of hydrogen-bond donors (Lipinski definition) is 3. The van der Waals surface area contributed by atoms with Gasteiger partial charge in [0, 0.05) is 11.1 Å². The summed E-state index contributed by atoms with van der Waals surface area (Å²) in [7, 11) is 0. The van der Waals surface area contributed by atoms with Crippen LogP contribution in [0.25, 0.3) is 34.1 Å². The molecule has 0 fully saturated rings. The van der Waals surface area contributed by atoms with Crippen molar-refractivity contribution in [3.05, 3.63) is 75.5 Å². The first-order valence-corrected chi connectivity index (χ1v) is 8.97. The van der Waals surface area contributed by atoms with E-state index in [4.69, 9.17) is 4.42 Å². The van der Waals surface area contributed by atoms with Crippen molar-refractivity contribution in [2.45, 2.75) is 20.8 Å². The number of phenolic OH excluding ortho intramolecular Hbond substituents is 3. The summed E-state index contributed by atoms with van der Waals surface area (Å²) in [4.78, 5) is 13.2. The minimum Gasteiger partial charge on any atom is -0.507 e. The van der Waals surface area contributed by atoms with E-state index in [9.17, 15) is 20.1 Å². The highest BCUT2D eigenvalue weighted by Gasteiger charge is 2.22. The molecule has 3 N–H and O–H groups in total. The first-order chi connectivity index (χ1) is 13.6. The molecule has 0 atom stereocenters. The fourth-order valence-corrected chi connectivity index (χ4v) is 3.07. The van der Waals surface area contributed by atoms with Crippen LogP contribution in [0.2, 0.25) is 0 Å². The van der Waals surface area contributed by atoms with Crippen molar-refractivity contribution in [2.24, 2.45) is 0 Å². The summed E-state index contributed by atoms with van der Waals surface area (Å²) < 4.78 is 5.80. The van der Waals surface area contributed by atoms with Crippen LogP contribution in [0.4, 0.5) is 0 Å². The van der Waals surface area contributed by atoms with Crippen LogP contribution in [0.3, 0.4) is 0 Å². The Balaban J connectivity index is 2.45. The smallest absolute Gasteiger partial charge is 0.208 e. The van der Waals surface area contributed by atoms with E-state index in [-0.39, 0.29) is 39.0 Å². The quantitative estimate of drug-likeness (QED) is 0.401. The van der Waals surface area contributed by atoms with Crippen molar-refractivity contribution < 1.29 is 19.7 Å². The molecule has 0 saturated heterocycles. The van der Waals surface area contributed by atoms with E-state index < -0.39 is 11.2 Å². The molecule has 1 aromatic heterocycles. The second-order valence-corrected chi connectivity index (χ2v) is 7.11. The van der Waals surface area contributed by atoms with Gasteiger partial charge in [0.1, 0.15) is 39.2 Å². The van der Waals surface area contributed by atoms with Crippen LogP contribution >= 0.6 is 0 Å². The van der Waals surface area contributed by atoms with Gasteiger partial charge >= 0.3 is 0 Å². The molecule has 2 aromatic carbocycles. The molecule has 0 aliphatic heterocycles. The molecule has 5 nitrogen and oxygen atoms in total. The molecule has 0 bridgehead atoms. The lowest BCUT2D eigenvalue weighted by atomic mass is 10.00. The first kappa shape index (κ1) is 20.0. The summed E-state index contributed by atoms with van der Waals surface area (Å²) in [5.74, 6) is -0.862. The molecule has 0 aliphatic carbocycles. The van der Waals surface area contributed by atoms with Crippen molar-refractivity contribution >= 4 is 34.1 Å². The predicted molar refractivity (Wildman–Crippen MR) is 117 cm³/mol. The van der Waals surface area contributed by atoms with Gasteiger partial charge in [0.15, 0.2) is 0 Å². The molecule has 0 unspecified atom stereocenters. The van der Waals surface area contributed by atoms with E-state index in [1.807, 2.05) is 6.92 Å². The van der Waals surface area contributed by atoms with Crippen LogP contribution in [0.5, 0.6) is 17.2 Å². The zero-order valence-electron chi connectivity index (χ0n) is 16.5. The number of benzene rings is 2. The van der Waals surface area contributed by atoms with E-state index in [1.165, 1.54) is 6.08 Å². The standard InChI is InChI=1S/C24H22O5/c1-12(2)6-8-15-9-11-17-18(21(15)26)23(28)19-22(27)16(10-7-13(3)4)20(25)14(5)24(19)29-17/h6-11,25-27H,1,3H2,2,4-5H3. The summed E-state index contributed by atoms with van der Waals surface area (Å²) in [5, 5.41) is 31.8. The van der Waals surface area contributed by atoms with Crippen LogP contribution in [-0.2, 0) is 0 Å². The van der Waals surface area contributed by atoms with Crippen LogP contribution in [0.1, 0.15) is 30.5 Å². The van der Waals surface area contributed by atoms with Gasteiger partial charge in [-0.15, -0.1) is 0 Å². The maximum atomic E-state index is 13.2. The van der Waals surface area contributed by atoms with Crippen LogP contribution < -0.4 is 5.43 Å². The highest BCUT2D eigenvalue weighted by atomic mass is 16.3. The van der Waals surface area contributed by atoms with Crippen molar-refractivity contribution in [1.29, 1.82) is 0 Å². The summed E-state index contributed by atoms with van der Waals surface area (Å²) in [6, 6.07) is 3.18. The van der Waals surface area contributed by atoms with E-state index in [0.29, 0.717) is 16.7 Å². The van der Waals surface area contributed by atoms with Crippen molar-refractivity contribution in [2.75, 3.05) is 0 Å². The Morgan fingerprint density at radius 2 is 1.55 bits per heavy atom. The van der Waals surface area contributed by atoms with E-state index >= 15 is 0 Å². The SMILES string of the molecule is C=C(C)C=Cc1ccc2oc3c(C)c(O)c(C=CC(=C)C)c(O)c3c(=O)c2c1O. The van der Waals surface area contributed by atoms with Gasteiger partial charge < -0.3 is 19.7 Å².